The predicted octanol–water partition coefficient (Wildman–Crippen LogP) is 5.90. The average molecular weight is 622 g/mol. The highest BCUT2D eigenvalue weighted by Gasteiger charge is 2.31. The van der Waals surface area contributed by atoms with Crippen LogP contribution < -0.4 is 10.1 Å². The first kappa shape index (κ1) is 35.3. The Hall–Kier alpha value is -3.15. The minimum absolute atomic E-state index is 0.109. The second kappa shape index (κ2) is 16.8. The molecule has 1 aliphatic rings. The minimum atomic E-state index is -4.45. The molecule has 11 heteroatoms. The summed E-state index contributed by atoms with van der Waals surface area (Å²) in [5, 5.41) is 12.6. The first-order chi connectivity index (χ1) is 20.9. The normalized spacial score (nSPS) is 21.2. The van der Waals surface area contributed by atoms with Crippen LogP contribution in [0.5, 0.6) is 5.75 Å². The molecular formula is C33H46F3N3O5. The number of halogens is 3. The predicted molar refractivity (Wildman–Crippen MR) is 164 cm³/mol. The molecule has 0 aliphatic carbocycles. The molecule has 0 fully saturated rings. The molecule has 0 saturated carbocycles. The number of nitrogens with zero attached hydrogens (tertiary/aromatic N) is 2. The number of amides is 2. The number of nitrogens with one attached hydrogen (secondary N) is 1. The van der Waals surface area contributed by atoms with Gasteiger partial charge in [-0.05, 0) is 63.9 Å². The molecule has 0 radical (unpaired) electrons. The third kappa shape index (κ3) is 11.4. The van der Waals surface area contributed by atoms with Crippen LogP contribution in [-0.2, 0) is 16.1 Å². The van der Waals surface area contributed by atoms with E-state index >= 15 is 0 Å². The zero-order chi connectivity index (χ0) is 32.3. The van der Waals surface area contributed by atoms with Crippen molar-refractivity contribution in [3.05, 3.63) is 59.7 Å². The molecule has 0 aromatic heterocycles. The second-order valence-corrected chi connectivity index (χ2v) is 11.9. The molecule has 8 nitrogen and oxygen atoms in total. The minimum Gasteiger partial charge on any atom is -0.490 e. The Balaban J connectivity index is 1.89. The van der Waals surface area contributed by atoms with Crippen molar-refractivity contribution in [3.63, 3.8) is 0 Å². The highest BCUT2D eigenvalue weighted by atomic mass is 19.4. The lowest BCUT2D eigenvalue weighted by Gasteiger charge is -2.36. The Morgan fingerprint density at radius 3 is 2.57 bits per heavy atom. The topological polar surface area (TPSA) is 91.3 Å². The van der Waals surface area contributed by atoms with Crippen LogP contribution >= 0.6 is 0 Å². The summed E-state index contributed by atoms with van der Waals surface area (Å²) in [6.45, 7) is 7.62. The largest absolute Gasteiger partial charge is 0.490 e. The third-order valence-electron chi connectivity index (χ3n) is 7.76. The maximum absolute atomic E-state index is 14.1. The van der Waals surface area contributed by atoms with E-state index in [1.54, 1.807) is 17.9 Å². The van der Waals surface area contributed by atoms with Crippen LogP contribution in [0.1, 0.15) is 68.8 Å². The Morgan fingerprint density at radius 2 is 1.89 bits per heavy atom. The number of ether oxygens (including phenoxy) is 2. The molecule has 0 saturated heterocycles. The number of rotatable bonds is 9. The van der Waals surface area contributed by atoms with Gasteiger partial charge in [0.05, 0.1) is 36.8 Å². The van der Waals surface area contributed by atoms with Gasteiger partial charge in [0.1, 0.15) is 5.75 Å². The molecule has 4 atom stereocenters. The smallest absolute Gasteiger partial charge is 0.389 e. The maximum atomic E-state index is 14.1. The van der Waals surface area contributed by atoms with Crippen LogP contribution in [0.15, 0.2) is 48.5 Å². The Labute approximate surface area is 258 Å². The zero-order valence-electron chi connectivity index (χ0n) is 26.1. The number of aliphatic hydroxyl groups is 1. The number of alkyl halides is 3. The summed E-state index contributed by atoms with van der Waals surface area (Å²) in [5.74, 6) is -1.02. The number of fused-ring (bicyclic) bond motifs is 1. The van der Waals surface area contributed by atoms with Gasteiger partial charge in [-0.2, -0.15) is 13.2 Å². The first-order valence-corrected chi connectivity index (χ1v) is 15.3. The summed E-state index contributed by atoms with van der Waals surface area (Å²) in [6, 6.07) is 14.1. The van der Waals surface area contributed by atoms with Crippen molar-refractivity contribution in [1.29, 1.82) is 0 Å². The highest BCUT2D eigenvalue weighted by molar-refractivity contribution is 5.99. The van der Waals surface area contributed by atoms with Crippen molar-refractivity contribution in [2.75, 3.05) is 38.7 Å². The molecule has 244 valence electrons. The fraction of sp³-hybridized carbons (Fsp3) is 0.576. The summed E-state index contributed by atoms with van der Waals surface area (Å²) in [7, 11) is 2.04. The fourth-order valence-electron chi connectivity index (χ4n) is 5.21. The molecule has 2 aromatic rings. The number of likely N-dealkylation sites (N-methyl/N-ethyl adjacent to an activating group) is 1. The molecule has 3 rings (SSSR count). The molecule has 44 heavy (non-hydrogen) atoms. The van der Waals surface area contributed by atoms with E-state index in [2.05, 4.69) is 22.3 Å². The van der Waals surface area contributed by atoms with E-state index in [0.717, 1.165) is 25.8 Å². The number of aliphatic hydroxyl groups excluding tert-OH is 1. The molecule has 2 N–H and O–H groups in total. The lowest BCUT2D eigenvalue weighted by atomic mass is 10.0. The lowest BCUT2D eigenvalue weighted by Crippen LogP contribution is -2.47. The van der Waals surface area contributed by atoms with Crippen LogP contribution in [0.25, 0.3) is 0 Å². The SMILES string of the molecule is C[C@H](CO)N1C[C@H](C)[C@@H](CN(C)Cc2ccccc2)OCCCC[C@H](C)Oc2ccc(NC(=O)CCC(F)(F)F)cc2C1=O. The maximum Gasteiger partial charge on any atom is 0.389 e. The van der Waals surface area contributed by atoms with Crippen LogP contribution in [0, 0.1) is 5.92 Å². The van der Waals surface area contributed by atoms with Gasteiger partial charge in [-0.1, -0.05) is 37.3 Å². The number of carbonyl (C=O) groups excluding carboxylic acids is 2. The lowest BCUT2D eigenvalue weighted by molar-refractivity contribution is -0.142. The number of anilines is 1. The third-order valence-corrected chi connectivity index (χ3v) is 7.76. The monoisotopic (exact) mass is 621 g/mol. The standard InChI is InChI=1S/C33H46F3N3O5/c1-23-19-39(24(2)22-40)32(42)28-18-27(37-31(41)15-16-33(34,35)36)13-14-29(28)44-25(3)10-8-9-17-43-30(23)21-38(4)20-26-11-6-5-7-12-26/h5-7,11-14,18,23-25,30,40H,8-10,15-17,19-22H2,1-4H3,(H,37,41)/t23-,24+,25-,30+/m0/s1. The summed E-state index contributed by atoms with van der Waals surface area (Å²) in [5.41, 5.74) is 1.53. The molecule has 0 unspecified atom stereocenters. The van der Waals surface area contributed by atoms with Gasteiger partial charge in [0.2, 0.25) is 5.91 Å². The van der Waals surface area contributed by atoms with E-state index in [9.17, 15) is 27.9 Å². The second-order valence-electron chi connectivity index (χ2n) is 11.9. The Kier molecular flexibility index (Phi) is 13.5. The molecule has 1 heterocycles. The van der Waals surface area contributed by atoms with Crippen molar-refractivity contribution in [3.8, 4) is 5.75 Å². The number of hydrogen-bond donors (Lipinski definition) is 2. The first-order valence-electron chi connectivity index (χ1n) is 15.3. The molecule has 0 bridgehead atoms. The Bertz CT molecular complexity index is 1200. The van der Waals surface area contributed by atoms with Gasteiger partial charge in [0, 0.05) is 44.3 Å². The van der Waals surface area contributed by atoms with E-state index in [1.807, 2.05) is 39.1 Å². The van der Waals surface area contributed by atoms with Crippen molar-refractivity contribution in [2.24, 2.45) is 5.92 Å². The van der Waals surface area contributed by atoms with Gasteiger partial charge in [-0.3, -0.25) is 14.5 Å². The Morgan fingerprint density at radius 1 is 1.16 bits per heavy atom. The average Bonchev–Trinajstić information content (AvgIpc) is 2.97. The van der Waals surface area contributed by atoms with E-state index in [1.165, 1.54) is 17.7 Å². The summed E-state index contributed by atoms with van der Waals surface area (Å²) in [6.07, 6.45) is -4.44. The van der Waals surface area contributed by atoms with Crippen LogP contribution in [0.3, 0.4) is 0 Å². The van der Waals surface area contributed by atoms with E-state index in [4.69, 9.17) is 9.47 Å². The van der Waals surface area contributed by atoms with Gasteiger partial charge < -0.3 is 24.8 Å². The van der Waals surface area contributed by atoms with E-state index in [-0.39, 0.29) is 42.5 Å². The number of benzene rings is 2. The highest BCUT2D eigenvalue weighted by Crippen LogP contribution is 2.29. The van der Waals surface area contributed by atoms with Gasteiger partial charge in [-0.15, -0.1) is 0 Å². The van der Waals surface area contributed by atoms with Crippen LogP contribution in [0.2, 0.25) is 0 Å². The van der Waals surface area contributed by atoms with Gasteiger partial charge in [0.25, 0.3) is 5.91 Å². The van der Waals surface area contributed by atoms with Crippen LogP contribution in [0.4, 0.5) is 18.9 Å². The molecule has 0 spiro atoms. The van der Waals surface area contributed by atoms with Gasteiger partial charge >= 0.3 is 6.18 Å². The molecule has 1 aliphatic heterocycles. The molecule has 2 aromatic carbocycles. The van der Waals surface area contributed by atoms with Crippen LogP contribution in [-0.4, -0.2) is 84.5 Å². The zero-order valence-corrected chi connectivity index (χ0v) is 26.1. The summed E-state index contributed by atoms with van der Waals surface area (Å²) in [4.78, 5) is 30.2. The van der Waals surface area contributed by atoms with Crippen molar-refractivity contribution in [2.45, 2.75) is 83.8 Å². The summed E-state index contributed by atoms with van der Waals surface area (Å²) >= 11 is 0. The fourth-order valence-corrected chi connectivity index (χ4v) is 5.21. The number of hydrogen-bond acceptors (Lipinski definition) is 6. The van der Waals surface area contributed by atoms with Gasteiger partial charge in [-0.25, -0.2) is 0 Å². The molecular weight excluding hydrogens is 575 g/mol. The number of carbonyl (C=O) groups is 2. The quantitative estimate of drug-likeness (QED) is 0.363. The summed E-state index contributed by atoms with van der Waals surface area (Å²) < 4.78 is 50.5. The molecule has 2 amide bonds. The van der Waals surface area contributed by atoms with Gasteiger partial charge in [0.15, 0.2) is 0 Å². The van der Waals surface area contributed by atoms with E-state index < -0.39 is 36.9 Å². The van der Waals surface area contributed by atoms with Crippen molar-refractivity contribution >= 4 is 17.5 Å². The van der Waals surface area contributed by atoms with Crippen molar-refractivity contribution in [1.82, 2.24) is 9.80 Å². The van der Waals surface area contributed by atoms with E-state index in [0.29, 0.717) is 18.9 Å². The van der Waals surface area contributed by atoms with Crippen molar-refractivity contribution < 1.29 is 37.3 Å².